The zero-order chi connectivity index (χ0) is 17.8. The van der Waals surface area contributed by atoms with Crippen LogP contribution in [0.2, 0.25) is 0 Å². The molecular weight excluding hydrogens is 387 g/mol. The monoisotopic (exact) mass is 398 g/mol. The smallest absolute Gasteiger partial charge is 0.269 e. The van der Waals surface area contributed by atoms with Gasteiger partial charge in [0.2, 0.25) is 9.70 Å². The number of anilines is 1. The summed E-state index contributed by atoms with van der Waals surface area (Å²) in [4.78, 5) is 21.4. The lowest BCUT2D eigenvalue weighted by Crippen LogP contribution is -2.55. The predicted molar refractivity (Wildman–Crippen MR) is 95.1 cm³/mol. The van der Waals surface area contributed by atoms with Crippen LogP contribution in [-0.4, -0.2) is 25.9 Å². The van der Waals surface area contributed by atoms with Crippen molar-refractivity contribution in [2.45, 2.75) is 23.8 Å². The Morgan fingerprint density at radius 1 is 1.35 bits per heavy atom. The summed E-state index contributed by atoms with van der Waals surface area (Å²) < 4.78 is -1.83. The number of alkyl halides is 3. The Kier molecular flexibility index (Phi) is 6.82. The quantitative estimate of drug-likeness (QED) is 0.237. The number of non-ortho nitro benzene ring substituents is 1. The fraction of sp³-hybridized carbons (Fsp3) is 0.333. The fourth-order valence-electron chi connectivity index (χ4n) is 1.59. The molecule has 1 aromatic carbocycles. The van der Waals surface area contributed by atoms with Crippen molar-refractivity contribution in [3.63, 3.8) is 0 Å². The van der Waals surface area contributed by atoms with Crippen molar-refractivity contribution >= 4 is 69.4 Å². The highest BCUT2D eigenvalue weighted by atomic mass is 35.6. The molecule has 1 amide bonds. The number of carbonyl (C=O) groups is 1. The van der Waals surface area contributed by atoms with E-state index in [2.05, 4.69) is 16.0 Å². The molecule has 1 aromatic rings. The normalized spacial score (nSPS) is 12.2. The van der Waals surface area contributed by atoms with Crippen molar-refractivity contribution in [2.24, 2.45) is 0 Å². The molecule has 0 saturated carbocycles. The highest BCUT2D eigenvalue weighted by molar-refractivity contribution is 7.80. The Bertz CT molecular complexity index is 636. The minimum atomic E-state index is -1.83. The molecule has 0 heterocycles. The number of nitro benzene ring substituents is 1. The molecule has 7 nitrogen and oxygen atoms in total. The van der Waals surface area contributed by atoms with Gasteiger partial charge in [0.25, 0.3) is 5.69 Å². The van der Waals surface area contributed by atoms with Gasteiger partial charge in [-0.05, 0) is 30.8 Å². The molecule has 126 valence electrons. The molecule has 3 N–H and O–H groups in total. The van der Waals surface area contributed by atoms with E-state index in [1.165, 1.54) is 25.1 Å². The standard InChI is InChI=1S/C12H13Cl3N4O3S/c1-6-5-8(19(21)22)3-4-9(6)17-11(23)18-10(12(13,14)15)16-7(2)20/h3-5,10H,1-2H3,(H,16,20)(H2,17,18,23)/t10-/m0/s1. The molecule has 1 rings (SSSR count). The molecule has 0 saturated heterocycles. The van der Waals surface area contributed by atoms with Crippen LogP contribution in [0.5, 0.6) is 0 Å². The molecule has 0 aliphatic heterocycles. The number of carbonyl (C=O) groups excluding carboxylic acids is 1. The largest absolute Gasteiger partial charge is 0.339 e. The molecule has 0 aromatic heterocycles. The number of nitrogens with one attached hydrogen (secondary N) is 3. The predicted octanol–water partition coefficient (Wildman–Crippen LogP) is 3.02. The average Bonchev–Trinajstić information content (AvgIpc) is 2.38. The SMILES string of the molecule is CC(=O)N[C@@H](NC(=S)Nc1ccc([N+](=O)[O-])cc1C)C(Cl)(Cl)Cl. The van der Waals surface area contributed by atoms with Crippen LogP contribution in [-0.2, 0) is 4.79 Å². The van der Waals surface area contributed by atoms with E-state index in [-0.39, 0.29) is 10.8 Å². The van der Waals surface area contributed by atoms with Gasteiger partial charge in [0.05, 0.1) is 4.92 Å². The van der Waals surface area contributed by atoms with E-state index in [1.54, 1.807) is 6.92 Å². The van der Waals surface area contributed by atoms with E-state index in [9.17, 15) is 14.9 Å². The Labute approximate surface area is 152 Å². The Balaban J connectivity index is 2.82. The lowest BCUT2D eigenvalue weighted by atomic mass is 10.2. The molecule has 0 bridgehead atoms. The second-order valence-corrected chi connectivity index (χ2v) is 7.31. The van der Waals surface area contributed by atoms with Gasteiger partial charge in [0.1, 0.15) is 6.17 Å². The zero-order valence-corrected chi connectivity index (χ0v) is 15.1. The number of hydrogen-bond acceptors (Lipinski definition) is 4. The summed E-state index contributed by atoms with van der Waals surface area (Å²) in [6, 6.07) is 4.23. The second-order valence-electron chi connectivity index (χ2n) is 4.53. The van der Waals surface area contributed by atoms with Crippen molar-refractivity contribution < 1.29 is 9.72 Å². The molecule has 0 aliphatic carbocycles. The van der Waals surface area contributed by atoms with E-state index in [1.807, 2.05) is 0 Å². The number of nitrogens with zero attached hydrogens (tertiary/aromatic N) is 1. The van der Waals surface area contributed by atoms with E-state index in [0.717, 1.165) is 0 Å². The lowest BCUT2D eigenvalue weighted by molar-refractivity contribution is -0.384. The molecule has 0 aliphatic rings. The van der Waals surface area contributed by atoms with Gasteiger partial charge >= 0.3 is 0 Å². The van der Waals surface area contributed by atoms with Gasteiger partial charge in [-0.15, -0.1) is 0 Å². The summed E-state index contributed by atoms with van der Waals surface area (Å²) in [7, 11) is 0. The van der Waals surface area contributed by atoms with Gasteiger partial charge < -0.3 is 16.0 Å². The van der Waals surface area contributed by atoms with Gasteiger partial charge in [-0.2, -0.15) is 0 Å². The van der Waals surface area contributed by atoms with Crippen molar-refractivity contribution in [3.05, 3.63) is 33.9 Å². The van der Waals surface area contributed by atoms with Gasteiger partial charge in [0.15, 0.2) is 5.11 Å². The summed E-state index contributed by atoms with van der Waals surface area (Å²) in [5.74, 6) is -0.414. The lowest BCUT2D eigenvalue weighted by Gasteiger charge is -2.27. The Hall–Kier alpha value is -1.35. The highest BCUT2D eigenvalue weighted by Crippen LogP contribution is 2.29. The van der Waals surface area contributed by atoms with E-state index >= 15 is 0 Å². The topological polar surface area (TPSA) is 96.3 Å². The minimum Gasteiger partial charge on any atom is -0.339 e. The number of nitro groups is 1. The zero-order valence-electron chi connectivity index (χ0n) is 12.0. The van der Waals surface area contributed by atoms with Gasteiger partial charge in [-0.3, -0.25) is 14.9 Å². The van der Waals surface area contributed by atoms with E-state index in [0.29, 0.717) is 11.3 Å². The number of thiocarbonyl (C=S) groups is 1. The number of rotatable bonds is 4. The third-order valence-electron chi connectivity index (χ3n) is 2.62. The molecule has 0 spiro atoms. The van der Waals surface area contributed by atoms with Crippen LogP contribution in [0.1, 0.15) is 12.5 Å². The number of hydrogen-bond donors (Lipinski definition) is 3. The van der Waals surface area contributed by atoms with Crippen LogP contribution in [0.15, 0.2) is 18.2 Å². The average molecular weight is 400 g/mol. The van der Waals surface area contributed by atoms with Crippen LogP contribution in [0.25, 0.3) is 0 Å². The van der Waals surface area contributed by atoms with E-state index < -0.39 is 20.8 Å². The van der Waals surface area contributed by atoms with Crippen LogP contribution < -0.4 is 16.0 Å². The molecule has 0 fully saturated rings. The first kappa shape index (κ1) is 19.7. The third-order valence-corrected chi connectivity index (χ3v) is 3.49. The highest BCUT2D eigenvalue weighted by Gasteiger charge is 2.34. The molecule has 0 radical (unpaired) electrons. The second kappa shape index (κ2) is 7.96. The Morgan fingerprint density at radius 3 is 2.39 bits per heavy atom. The number of benzene rings is 1. The maximum Gasteiger partial charge on any atom is 0.269 e. The van der Waals surface area contributed by atoms with Crippen LogP contribution in [0.3, 0.4) is 0 Å². The van der Waals surface area contributed by atoms with Crippen molar-refractivity contribution in [1.29, 1.82) is 0 Å². The molecule has 11 heteroatoms. The molecular formula is C12H13Cl3N4O3S. The molecule has 1 atom stereocenters. The number of amides is 1. The summed E-state index contributed by atoms with van der Waals surface area (Å²) in [5, 5.41) is 18.7. The summed E-state index contributed by atoms with van der Waals surface area (Å²) in [6.45, 7) is 2.94. The summed E-state index contributed by atoms with van der Waals surface area (Å²) in [6.07, 6.45) is -1.05. The fourth-order valence-corrected chi connectivity index (χ4v) is 2.15. The van der Waals surface area contributed by atoms with Gasteiger partial charge in [0, 0.05) is 24.7 Å². The molecule has 0 unspecified atom stereocenters. The maximum absolute atomic E-state index is 11.1. The van der Waals surface area contributed by atoms with Gasteiger partial charge in [-0.25, -0.2) is 0 Å². The Morgan fingerprint density at radius 2 is 1.96 bits per heavy atom. The summed E-state index contributed by atoms with van der Waals surface area (Å²) >= 11 is 22.4. The summed E-state index contributed by atoms with van der Waals surface area (Å²) in [5.41, 5.74) is 1.11. The van der Waals surface area contributed by atoms with Crippen LogP contribution in [0.4, 0.5) is 11.4 Å². The molecule has 23 heavy (non-hydrogen) atoms. The third kappa shape index (κ3) is 6.34. The van der Waals surface area contributed by atoms with E-state index in [4.69, 9.17) is 47.0 Å². The number of aryl methyl sites for hydroxylation is 1. The van der Waals surface area contributed by atoms with Crippen molar-refractivity contribution in [3.8, 4) is 0 Å². The van der Waals surface area contributed by atoms with Crippen LogP contribution in [0, 0.1) is 17.0 Å². The first-order valence-corrected chi connectivity index (χ1v) is 7.71. The first-order valence-electron chi connectivity index (χ1n) is 6.17. The number of halogens is 3. The maximum atomic E-state index is 11.1. The van der Waals surface area contributed by atoms with Crippen molar-refractivity contribution in [2.75, 3.05) is 5.32 Å². The van der Waals surface area contributed by atoms with Crippen LogP contribution >= 0.6 is 47.0 Å². The first-order chi connectivity index (χ1) is 10.5. The minimum absolute atomic E-state index is 0.0376. The van der Waals surface area contributed by atoms with Crippen molar-refractivity contribution in [1.82, 2.24) is 10.6 Å². The van der Waals surface area contributed by atoms with Gasteiger partial charge in [-0.1, -0.05) is 34.8 Å².